The molecule has 0 radical (unpaired) electrons. The second kappa shape index (κ2) is 11.6. The molecule has 2 aromatic rings. The Kier molecular flexibility index (Phi) is 8.27. The van der Waals surface area contributed by atoms with Crippen LogP contribution in [0.4, 0.5) is 0 Å². The highest BCUT2D eigenvalue weighted by molar-refractivity contribution is 7.89. The average molecular weight is 579 g/mol. The number of likely N-dealkylation sites (tertiary alicyclic amines) is 1. The number of fused-ring (bicyclic) bond motifs is 5. The van der Waals surface area contributed by atoms with E-state index < -0.39 is 15.6 Å². The molecule has 2 atom stereocenters. The molecule has 6 nitrogen and oxygen atoms in total. The Morgan fingerprint density at radius 1 is 0.927 bits per heavy atom. The molecule has 0 bridgehead atoms. The van der Waals surface area contributed by atoms with E-state index in [2.05, 4.69) is 50.3 Å². The lowest BCUT2D eigenvalue weighted by molar-refractivity contribution is 0.160. The smallest absolute Gasteiger partial charge is 0.241 e. The molecule has 224 valence electrons. The number of piperidine rings is 1. The van der Waals surface area contributed by atoms with Crippen molar-refractivity contribution in [2.45, 2.75) is 114 Å². The fourth-order valence-electron chi connectivity index (χ4n) is 7.90. The Labute approximate surface area is 247 Å². The van der Waals surface area contributed by atoms with E-state index in [1.165, 1.54) is 86.7 Å². The maximum absolute atomic E-state index is 13.4. The number of hydrogen-bond acceptors (Lipinski definition) is 4. The molecule has 1 aromatic heterocycles. The second-order valence-electron chi connectivity index (χ2n) is 14.0. The molecule has 1 N–H and O–H groups in total. The van der Waals surface area contributed by atoms with Crippen molar-refractivity contribution in [2.24, 2.45) is 0 Å². The third-order valence-electron chi connectivity index (χ3n) is 9.75. The van der Waals surface area contributed by atoms with Gasteiger partial charge in [-0.25, -0.2) is 13.1 Å². The number of aromatic nitrogens is 1. The summed E-state index contributed by atoms with van der Waals surface area (Å²) in [4.78, 5) is 5.74. The van der Waals surface area contributed by atoms with Crippen LogP contribution in [0.2, 0.25) is 0 Å². The monoisotopic (exact) mass is 578 g/mol. The minimum atomic E-state index is -3.63. The zero-order chi connectivity index (χ0) is 28.8. The van der Waals surface area contributed by atoms with Crippen molar-refractivity contribution in [1.29, 1.82) is 0 Å². The molecular formula is C34H50N4O2S. The molecule has 2 aliphatic heterocycles. The zero-order valence-electron chi connectivity index (χ0n) is 25.7. The van der Waals surface area contributed by atoms with Gasteiger partial charge in [0.05, 0.1) is 4.90 Å². The van der Waals surface area contributed by atoms with Gasteiger partial charge in [0.15, 0.2) is 0 Å². The summed E-state index contributed by atoms with van der Waals surface area (Å²) in [5.74, 6) is 0.818. The van der Waals surface area contributed by atoms with Crippen LogP contribution in [0.1, 0.15) is 102 Å². The summed E-state index contributed by atoms with van der Waals surface area (Å²) in [5.41, 5.74) is 4.85. The maximum Gasteiger partial charge on any atom is 0.241 e. The maximum atomic E-state index is 13.4. The lowest BCUT2D eigenvalue weighted by Crippen LogP contribution is -2.44. The first-order valence-electron chi connectivity index (χ1n) is 16.1. The van der Waals surface area contributed by atoms with Gasteiger partial charge in [-0.05, 0) is 90.1 Å². The van der Waals surface area contributed by atoms with Gasteiger partial charge >= 0.3 is 0 Å². The van der Waals surface area contributed by atoms with E-state index in [1.54, 1.807) is 0 Å². The molecule has 0 spiro atoms. The first kappa shape index (κ1) is 29.2. The summed E-state index contributed by atoms with van der Waals surface area (Å²) in [6.07, 6.45) is 17.6. The first-order valence-corrected chi connectivity index (χ1v) is 17.6. The largest absolute Gasteiger partial charge is 0.342 e. The van der Waals surface area contributed by atoms with Crippen LogP contribution in [-0.2, 0) is 16.6 Å². The molecule has 0 amide bonds. The molecule has 2 unspecified atom stereocenters. The van der Waals surface area contributed by atoms with Crippen LogP contribution in [0.5, 0.6) is 0 Å². The fourth-order valence-corrected chi connectivity index (χ4v) is 9.34. The summed E-state index contributed by atoms with van der Waals surface area (Å²) < 4.78 is 32.3. The number of nitrogens with one attached hydrogen (secondary N) is 1. The molecular weight excluding hydrogens is 528 g/mol. The van der Waals surface area contributed by atoms with Crippen molar-refractivity contribution < 1.29 is 8.42 Å². The van der Waals surface area contributed by atoms with E-state index in [-0.39, 0.29) is 5.92 Å². The summed E-state index contributed by atoms with van der Waals surface area (Å²) in [5, 5.41) is 1.27. The van der Waals surface area contributed by atoms with Crippen LogP contribution >= 0.6 is 0 Å². The Morgan fingerprint density at radius 2 is 1.66 bits per heavy atom. The molecule has 41 heavy (non-hydrogen) atoms. The van der Waals surface area contributed by atoms with Crippen molar-refractivity contribution in [2.75, 3.05) is 32.7 Å². The SMILES string of the molecule is CC1=CC2C(C=C1)c1c(C3CCCCC3)c3ccc(S(=O)(=O)NC(C)(C)C)cc3n1CCN2CCN1CCCCC1. The van der Waals surface area contributed by atoms with E-state index >= 15 is 0 Å². The van der Waals surface area contributed by atoms with Gasteiger partial charge in [0.25, 0.3) is 0 Å². The van der Waals surface area contributed by atoms with E-state index in [4.69, 9.17) is 0 Å². The van der Waals surface area contributed by atoms with Gasteiger partial charge in [0.1, 0.15) is 0 Å². The van der Waals surface area contributed by atoms with Gasteiger partial charge in [0, 0.05) is 60.3 Å². The lowest BCUT2D eigenvalue weighted by atomic mass is 9.78. The molecule has 1 saturated heterocycles. The molecule has 4 aliphatic rings. The van der Waals surface area contributed by atoms with Crippen LogP contribution in [0, 0.1) is 0 Å². The minimum Gasteiger partial charge on any atom is -0.342 e. The molecule has 6 rings (SSSR count). The topological polar surface area (TPSA) is 57.6 Å². The van der Waals surface area contributed by atoms with E-state index in [0.29, 0.717) is 16.9 Å². The normalized spacial score (nSPS) is 25.1. The van der Waals surface area contributed by atoms with Crippen LogP contribution in [0.3, 0.4) is 0 Å². The Morgan fingerprint density at radius 3 is 2.39 bits per heavy atom. The minimum absolute atomic E-state index is 0.277. The van der Waals surface area contributed by atoms with Crippen LogP contribution in [-0.4, -0.2) is 67.1 Å². The Bertz CT molecular complexity index is 1420. The molecule has 1 saturated carbocycles. The number of sulfonamides is 1. The fraction of sp³-hybridized carbons (Fsp3) is 0.647. The van der Waals surface area contributed by atoms with Crippen molar-refractivity contribution in [3.63, 3.8) is 0 Å². The highest BCUT2D eigenvalue weighted by Gasteiger charge is 2.38. The summed E-state index contributed by atoms with van der Waals surface area (Å²) in [6.45, 7) is 14.5. The Hall–Kier alpha value is -1.93. The predicted molar refractivity (Wildman–Crippen MR) is 169 cm³/mol. The first-order chi connectivity index (χ1) is 19.6. The van der Waals surface area contributed by atoms with Gasteiger partial charge in [0.2, 0.25) is 10.0 Å². The van der Waals surface area contributed by atoms with Gasteiger partial charge in [-0.15, -0.1) is 0 Å². The highest BCUT2D eigenvalue weighted by Crippen LogP contribution is 2.46. The Balaban J connectivity index is 1.44. The molecule has 3 heterocycles. The molecule has 2 aliphatic carbocycles. The summed E-state index contributed by atoms with van der Waals surface area (Å²) in [6, 6.07) is 6.26. The van der Waals surface area contributed by atoms with Crippen molar-refractivity contribution in [3.05, 3.63) is 53.3 Å². The number of benzene rings is 1. The highest BCUT2D eigenvalue weighted by atomic mass is 32.2. The number of rotatable bonds is 6. The van der Waals surface area contributed by atoms with Crippen LogP contribution in [0.25, 0.3) is 10.9 Å². The van der Waals surface area contributed by atoms with Gasteiger partial charge in [-0.3, -0.25) is 4.90 Å². The molecule has 2 fully saturated rings. The summed E-state index contributed by atoms with van der Waals surface area (Å²) in [7, 11) is -3.63. The van der Waals surface area contributed by atoms with Gasteiger partial charge < -0.3 is 9.47 Å². The van der Waals surface area contributed by atoms with Crippen LogP contribution < -0.4 is 4.72 Å². The average Bonchev–Trinajstić information content (AvgIpc) is 3.17. The van der Waals surface area contributed by atoms with Crippen molar-refractivity contribution in [1.82, 2.24) is 19.1 Å². The van der Waals surface area contributed by atoms with E-state index in [9.17, 15) is 8.42 Å². The quantitative estimate of drug-likeness (QED) is 0.423. The third kappa shape index (κ3) is 6.11. The van der Waals surface area contributed by atoms with Crippen molar-refractivity contribution in [3.8, 4) is 0 Å². The van der Waals surface area contributed by atoms with Gasteiger partial charge in [-0.1, -0.05) is 55.6 Å². The van der Waals surface area contributed by atoms with E-state index in [0.717, 1.165) is 31.7 Å². The number of hydrogen-bond donors (Lipinski definition) is 1. The lowest BCUT2D eigenvalue weighted by Gasteiger charge is -2.36. The van der Waals surface area contributed by atoms with Crippen molar-refractivity contribution >= 4 is 20.9 Å². The standard InChI is InChI=1S/C34H50N4O2S/c1-25-13-15-29-30(23-25)37(20-19-36-17-9-6-10-18-36)21-22-38-31-24-27(41(39,40)35-34(2,3)4)14-16-28(31)32(33(29)38)26-11-7-5-8-12-26/h13-16,23-24,26,29-30,35H,5-12,17-22H2,1-4H3. The number of nitrogens with zero attached hydrogens (tertiary/aromatic N) is 3. The summed E-state index contributed by atoms with van der Waals surface area (Å²) >= 11 is 0. The van der Waals surface area contributed by atoms with Gasteiger partial charge in [-0.2, -0.15) is 0 Å². The number of allylic oxidation sites excluding steroid dienone is 2. The molecule has 1 aromatic carbocycles. The third-order valence-corrected chi connectivity index (χ3v) is 11.5. The zero-order valence-corrected chi connectivity index (χ0v) is 26.5. The molecule has 7 heteroatoms. The van der Waals surface area contributed by atoms with Crippen LogP contribution in [0.15, 0.2) is 46.9 Å². The predicted octanol–water partition coefficient (Wildman–Crippen LogP) is 6.54. The van der Waals surface area contributed by atoms with E-state index in [1.807, 2.05) is 32.9 Å². The second-order valence-corrected chi connectivity index (χ2v) is 15.7.